The summed E-state index contributed by atoms with van der Waals surface area (Å²) in [5, 5.41) is 10.4. The smallest absolute Gasteiger partial charge is 0.341 e. The lowest BCUT2D eigenvalue weighted by Gasteiger charge is -2.09. The average molecular weight is 537 g/mol. The molecule has 0 saturated heterocycles. The summed E-state index contributed by atoms with van der Waals surface area (Å²) < 4.78 is 9.81. The van der Waals surface area contributed by atoms with Crippen molar-refractivity contribution in [1.29, 1.82) is 0 Å². The highest BCUT2D eigenvalue weighted by molar-refractivity contribution is 7.15. The van der Waals surface area contributed by atoms with Gasteiger partial charge in [-0.3, -0.25) is 9.59 Å². The Labute approximate surface area is 220 Å². The van der Waals surface area contributed by atoms with E-state index in [1.54, 1.807) is 0 Å². The molecule has 0 bridgehead atoms. The van der Waals surface area contributed by atoms with Gasteiger partial charge in [0.2, 0.25) is 11.8 Å². The monoisotopic (exact) mass is 536 g/mol. The molecule has 0 radical (unpaired) electrons. The van der Waals surface area contributed by atoms with Crippen molar-refractivity contribution < 1.29 is 28.7 Å². The highest BCUT2D eigenvalue weighted by Crippen LogP contribution is 2.32. The first-order valence-corrected chi connectivity index (χ1v) is 13.8. The Morgan fingerprint density at radius 3 is 1.39 bits per heavy atom. The Morgan fingerprint density at radius 1 is 0.722 bits per heavy atom. The van der Waals surface area contributed by atoms with Crippen LogP contribution in [0.4, 0.5) is 10.0 Å². The SMILES string of the molecule is COC(=O)c1c(CC(C)C)csc1NC(=O)CCCCC(=O)Nc1scc(CC(C)C)c1C(=O)OC. The third-order valence-corrected chi connectivity index (χ3v) is 7.22. The number of hydrogen-bond donors (Lipinski definition) is 2. The molecule has 198 valence electrons. The topological polar surface area (TPSA) is 111 Å². The number of ether oxygens (including phenoxy) is 2. The van der Waals surface area contributed by atoms with E-state index in [1.165, 1.54) is 36.9 Å². The third kappa shape index (κ3) is 8.44. The maximum absolute atomic E-state index is 12.5. The lowest BCUT2D eigenvalue weighted by molar-refractivity contribution is -0.118. The van der Waals surface area contributed by atoms with Crippen molar-refractivity contribution in [2.75, 3.05) is 24.9 Å². The number of unbranched alkanes of at least 4 members (excludes halogenated alkanes) is 1. The molecule has 0 atom stereocenters. The van der Waals surface area contributed by atoms with E-state index >= 15 is 0 Å². The third-order valence-electron chi connectivity index (χ3n) is 5.33. The van der Waals surface area contributed by atoms with Gasteiger partial charge in [0, 0.05) is 12.8 Å². The van der Waals surface area contributed by atoms with Crippen LogP contribution in [0.3, 0.4) is 0 Å². The van der Waals surface area contributed by atoms with Gasteiger partial charge < -0.3 is 20.1 Å². The predicted molar refractivity (Wildman–Crippen MR) is 144 cm³/mol. The van der Waals surface area contributed by atoms with Gasteiger partial charge >= 0.3 is 11.9 Å². The second-order valence-electron chi connectivity index (χ2n) is 9.41. The molecule has 2 aromatic rings. The Kier molecular flexibility index (Phi) is 11.6. The number of thiophene rings is 2. The summed E-state index contributed by atoms with van der Waals surface area (Å²) in [5.74, 6) is -0.647. The average Bonchev–Trinajstić information content (AvgIpc) is 3.38. The van der Waals surface area contributed by atoms with Crippen LogP contribution in [-0.4, -0.2) is 38.0 Å². The largest absolute Gasteiger partial charge is 0.465 e. The number of methoxy groups -OCH3 is 2. The zero-order chi connectivity index (χ0) is 26.8. The summed E-state index contributed by atoms with van der Waals surface area (Å²) in [6, 6.07) is 0. The molecule has 0 saturated carbocycles. The molecule has 0 aliphatic heterocycles. The fourth-order valence-electron chi connectivity index (χ4n) is 3.75. The standard InChI is InChI=1S/C26H36N2O6S2/c1-15(2)11-17-13-35-23(21(17)25(31)33-5)27-19(29)9-7-8-10-20(30)28-24-22(26(32)34-6)18(14-36-24)12-16(3)4/h13-16H,7-12H2,1-6H3,(H,27,29)(H,28,30). The van der Waals surface area contributed by atoms with E-state index in [9.17, 15) is 19.2 Å². The number of hydrogen-bond acceptors (Lipinski definition) is 8. The first-order chi connectivity index (χ1) is 17.1. The number of anilines is 2. The molecule has 0 fully saturated rings. The molecule has 2 rings (SSSR count). The summed E-state index contributed by atoms with van der Waals surface area (Å²) in [5.41, 5.74) is 2.56. The van der Waals surface area contributed by atoms with Gasteiger partial charge in [-0.05, 0) is 59.4 Å². The van der Waals surface area contributed by atoms with Crippen molar-refractivity contribution in [1.82, 2.24) is 0 Å². The van der Waals surface area contributed by atoms with Gasteiger partial charge in [-0.2, -0.15) is 0 Å². The first kappa shape index (κ1) is 29.5. The molecule has 10 heteroatoms. The summed E-state index contributed by atoms with van der Waals surface area (Å²) in [4.78, 5) is 49.5. The minimum absolute atomic E-state index is 0.219. The summed E-state index contributed by atoms with van der Waals surface area (Å²) in [6.07, 6.45) is 2.88. The van der Waals surface area contributed by atoms with Crippen molar-refractivity contribution in [3.8, 4) is 0 Å². The van der Waals surface area contributed by atoms with Gasteiger partial charge in [-0.1, -0.05) is 27.7 Å². The Hall–Kier alpha value is -2.72. The van der Waals surface area contributed by atoms with Crippen LogP contribution in [0.25, 0.3) is 0 Å². The second-order valence-corrected chi connectivity index (χ2v) is 11.2. The van der Waals surface area contributed by atoms with Crippen molar-refractivity contribution in [3.05, 3.63) is 33.0 Å². The molecule has 2 N–H and O–H groups in total. The van der Waals surface area contributed by atoms with E-state index in [1.807, 2.05) is 10.8 Å². The van der Waals surface area contributed by atoms with Crippen LogP contribution in [0, 0.1) is 11.8 Å². The van der Waals surface area contributed by atoms with Crippen LogP contribution in [0.5, 0.6) is 0 Å². The van der Waals surface area contributed by atoms with Gasteiger partial charge in [0.15, 0.2) is 0 Å². The van der Waals surface area contributed by atoms with Crippen LogP contribution < -0.4 is 10.6 Å². The van der Waals surface area contributed by atoms with Gasteiger partial charge in [-0.15, -0.1) is 22.7 Å². The fraction of sp³-hybridized carbons (Fsp3) is 0.538. The summed E-state index contributed by atoms with van der Waals surface area (Å²) >= 11 is 2.63. The van der Waals surface area contributed by atoms with Crippen LogP contribution in [0.2, 0.25) is 0 Å². The highest BCUT2D eigenvalue weighted by Gasteiger charge is 2.23. The molecule has 8 nitrogen and oxygen atoms in total. The molecule has 0 aliphatic rings. The number of esters is 2. The van der Waals surface area contributed by atoms with Crippen LogP contribution in [0.15, 0.2) is 10.8 Å². The van der Waals surface area contributed by atoms with Crippen molar-refractivity contribution in [3.63, 3.8) is 0 Å². The van der Waals surface area contributed by atoms with E-state index in [2.05, 4.69) is 38.3 Å². The van der Waals surface area contributed by atoms with E-state index in [0.717, 1.165) is 11.1 Å². The van der Waals surface area contributed by atoms with Gasteiger partial charge in [0.25, 0.3) is 0 Å². The highest BCUT2D eigenvalue weighted by atomic mass is 32.1. The van der Waals surface area contributed by atoms with E-state index < -0.39 is 11.9 Å². The van der Waals surface area contributed by atoms with Crippen LogP contribution in [0.1, 0.15) is 85.2 Å². The van der Waals surface area contributed by atoms with E-state index in [-0.39, 0.29) is 24.7 Å². The molecule has 2 heterocycles. The molecule has 2 amide bonds. The normalized spacial score (nSPS) is 11.0. The number of carbonyl (C=O) groups is 4. The van der Waals surface area contributed by atoms with Gasteiger partial charge in [-0.25, -0.2) is 9.59 Å². The number of amides is 2. The quantitative estimate of drug-likeness (QED) is 0.243. The fourth-order valence-corrected chi connectivity index (χ4v) is 5.71. The maximum Gasteiger partial charge on any atom is 0.341 e. The summed E-state index contributed by atoms with van der Waals surface area (Å²) in [6.45, 7) is 8.25. The minimum atomic E-state index is -0.463. The molecule has 0 aromatic carbocycles. The Morgan fingerprint density at radius 2 is 1.08 bits per heavy atom. The lowest BCUT2D eigenvalue weighted by Crippen LogP contribution is -2.16. The molecule has 36 heavy (non-hydrogen) atoms. The molecular weight excluding hydrogens is 500 g/mol. The first-order valence-electron chi connectivity index (χ1n) is 12.0. The van der Waals surface area contributed by atoms with Crippen molar-refractivity contribution in [2.24, 2.45) is 11.8 Å². The van der Waals surface area contributed by atoms with E-state index in [0.29, 0.717) is 58.6 Å². The molecule has 0 spiro atoms. The maximum atomic E-state index is 12.5. The molecule has 0 unspecified atom stereocenters. The second kappa shape index (κ2) is 14.1. The number of nitrogens with one attached hydrogen (secondary N) is 2. The van der Waals surface area contributed by atoms with Gasteiger partial charge in [0.1, 0.15) is 10.0 Å². The Bertz CT molecular complexity index is 986. The predicted octanol–water partition coefficient (Wildman–Crippen LogP) is 5.92. The zero-order valence-electron chi connectivity index (χ0n) is 21.8. The van der Waals surface area contributed by atoms with Crippen molar-refractivity contribution >= 4 is 56.4 Å². The Balaban J connectivity index is 1.88. The zero-order valence-corrected chi connectivity index (χ0v) is 23.5. The minimum Gasteiger partial charge on any atom is -0.465 e. The summed E-state index contributed by atoms with van der Waals surface area (Å²) in [7, 11) is 2.65. The van der Waals surface area contributed by atoms with Crippen LogP contribution in [-0.2, 0) is 31.9 Å². The number of rotatable bonds is 13. The molecule has 2 aromatic heterocycles. The molecular formula is C26H36N2O6S2. The van der Waals surface area contributed by atoms with E-state index in [4.69, 9.17) is 9.47 Å². The van der Waals surface area contributed by atoms with Gasteiger partial charge in [0.05, 0.1) is 25.3 Å². The van der Waals surface area contributed by atoms with Crippen LogP contribution >= 0.6 is 22.7 Å². The number of carbonyl (C=O) groups excluding carboxylic acids is 4. The van der Waals surface area contributed by atoms with Crippen molar-refractivity contribution in [2.45, 2.75) is 66.2 Å². The molecule has 0 aliphatic carbocycles. The lowest BCUT2D eigenvalue weighted by atomic mass is 10.0.